The smallest absolute Gasteiger partial charge is 0.173 e. The molecule has 1 saturated carbocycles. The molecule has 0 amide bonds. The van der Waals surface area contributed by atoms with Crippen LogP contribution in [0.2, 0.25) is 0 Å². The largest absolute Gasteiger partial charge is 0.291 e. The van der Waals surface area contributed by atoms with Gasteiger partial charge in [0.25, 0.3) is 0 Å². The summed E-state index contributed by atoms with van der Waals surface area (Å²) in [5.74, 6) is 2.04. The molecule has 0 aliphatic heterocycles. The molecule has 0 atom stereocenters. The predicted octanol–water partition coefficient (Wildman–Crippen LogP) is 2.94. The third-order valence-corrected chi connectivity index (χ3v) is 2.30. The fourth-order valence-corrected chi connectivity index (χ4v) is 1.43. The molecule has 1 aliphatic rings. The molecule has 0 N–H and O–H groups in total. The van der Waals surface area contributed by atoms with Crippen molar-refractivity contribution in [3.63, 3.8) is 0 Å². The summed E-state index contributed by atoms with van der Waals surface area (Å²) >= 11 is 3.11. The van der Waals surface area contributed by atoms with Crippen LogP contribution >= 0.6 is 12.6 Å². The van der Waals surface area contributed by atoms with Gasteiger partial charge in [-0.3, -0.25) is 4.79 Å². The molecule has 0 heterocycles. The third-order valence-electron chi connectivity index (χ3n) is 2.30. The van der Waals surface area contributed by atoms with Gasteiger partial charge in [-0.05, 0) is 11.8 Å². The summed E-state index contributed by atoms with van der Waals surface area (Å²) in [4.78, 5) is 8.67. The highest BCUT2D eigenvalue weighted by Gasteiger charge is 2.13. The first-order chi connectivity index (χ1) is 5.20. The normalized spacial score (nSPS) is 30.1. The van der Waals surface area contributed by atoms with Gasteiger partial charge in [0.1, 0.15) is 0 Å². The molecule has 0 aromatic heterocycles. The second-order valence-corrected chi connectivity index (χ2v) is 3.68. The summed E-state index contributed by atoms with van der Waals surface area (Å²) in [6.45, 7) is 4.73. The first-order valence-electron chi connectivity index (χ1n) is 4.28. The Kier molecular flexibility index (Phi) is 6.73. The van der Waals surface area contributed by atoms with Crippen LogP contribution in [0, 0.1) is 11.8 Å². The summed E-state index contributed by atoms with van der Waals surface area (Å²) in [6.07, 6.45) is 5.89. The van der Waals surface area contributed by atoms with Crippen molar-refractivity contribution < 1.29 is 4.79 Å². The van der Waals surface area contributed by atoms with Crippen LogP contribution < -0.4 is 0 Å². The highest BCUT2D eigenvalue weighted by molar-refractivity contribution is 7.94. The zero-order valence-corrected chi connectivity index (χ0v) is 8.31. The van der Waals surface area contributed by atoms with Crippen molar-refractivity contribution in [2.75, 3.05) is 0 Å². The van der Waals surface area contributed by atoms with E-state index < -0.39 is 0 Å². The molecule has 0 aromatic carbocycles. The Morgan fingerprint density at radius 1 is 1.09 bits per heavy atom. The minimum atomic E-state index is 0.444. The van der Waals surface area contributed by atoms with E-state index in [-0.39, 0.29) is 0 Å². The van der Waals surface area contributed by atoms with E-state index in [2.05, 4.69) is 26.5 Å². The van der Waals surface area contributed by atoms with Gasteiger partial charge in [-0.25, -0.2) is 0 Å². The van der Waals surface area contributed by atoms with Crippen LogP contribution in [-0.2, 0) is 4.79 Å². The Bertz CT molecular complexity index is 85.7. The molecule has 66 valence electrons. The monoisotopic (exact) mass is 174 g/mol. The Hall–Kier alpha value is 0.0200. The molecule has 0 aromatic rings. The Morgan fingerprint density at radius 2 is 1.27 bits per heavy atom. The van der Waals surface area contributed by atoms with Crippen LogP contribution in [0.25, 0.3) is 0 Å². The van der Waals surface area contributed by atoms with Gasteiger partial charge >= 0.3 is 0 Å². The lowest BCUT2D eigenvalue weighted by Gasteiger charge is -2.22. The number of carbonyl (C=O) groups excluding carboxylic acids is 1. The Morgan fingerprint density at radius 3 is 1.45 bits per heavy atom. The molecule has 0 radical (unpaired) electrons. The van der Waals surface area contributed by atoms with E-state index in [1.54, 1.807) is 0 Å². The maximum atomic E-state index is 8.67. The molecule has 11 heavy (non-hydrogen) atoms. The van der Waals surface area contributed by atoms with Crippen molar-refractivity contribution in [2.45, 2.75) is 39.5 Å². The second-order valence-electron chi connectivity index (χ2n) is 3.47. The number of rotatable bonds is 0. The topological polar surface area (TPSA) is 17.1 Å². The molecule has 1 rings (SSSR count). The average molecular weight is 174 g/mol. The molecule has 0 saturated heterocycles. The van der Waals surface area contributed by atoms with Crippen molar-refractivity contribution in [2.24, 2.45) is 11.8 Å². The van der Waals surface area contributed by atoms with Crippen LogP contribution in [0.1, 0.15) is 39.5 Å². The van der Waals surface area contributed by atoms with Gasteiger partial charge in [-0.15, -0.1) is 12.6 Å². The molecule has 0 unspecified atom stereocenters. The predicted molar refractivity (Wildman–Crippen MR) is 52.5 cm³/mol. The first-order valence-corrected chi connectivity index (χ1v) is 4.80. The number of hydrogen-bond donors (Lipinski definition) is 1. The minimum Gasteiger partial charge on any atom is -0.291 e. The van der Waals surface area contributed by atoms with Crippen LogP contribution in [0.15, 0.2) is 0 Å². The lowest BCUT2D eigenvalue weighted by Crippen LogP contribution is -2.08. The van der Waals surface area contributed by atoms with Gasteiger partial charge in [0, 0.05) is 0 Å². The minimum absolute atomic E-state index is 0.444. The maximum Gasteiger partial charge on any atom is 0.173 e. The van der Waals surface area contributed by atoms with Crippen molar-refractivity contribution in [1.82, 2.24) is 0 Å². The molecule has 0 spiro atoms. The number of hydrogen-bond acceptors (Lipinski definition) is 1. The van der Waals surface area contributed by atoms with Crippen LogP contribution in [-0.4, -0.2) is 5.62 Å². The van der Waals surface area contributed by atoms with Crippen LogP contribution in [0.5, 0.6) is 0 Å². The molecular weight excluding hydrogens is 156 g/mol. The quantitative estimate of drug-likeness (QED) is 0.441. The summed E-state index contributed by atoms with van der Waals surface area (Å²) in [5.41, 5.74) is 0.444. The van der Waals surface area contributed by atoms with E-state index in [0.29, 0.717) is 5.62 Å². The summed E-state index contributed by atoms with van der Waals surface area (Å²) < 4.78 is 0. The van der Waals surface area contributed by atoms with E-state index in [1.165, 1.54) is 25.7 Å². The van der Waals surface area contributed by atoms with Gasteiger partial charge in [-0.1, -0.05) is 39.5 Å². The van der Waals surface area contributed by atoms with Crippen LogP contribution in [0.4, 0.5) is 0 Å². The van der Waals surface area contributed by atoms with E-state index in [9.17, 15) is 0 Å². The van der Waals surface area contributed by atoms with Gasteiger partial charge in [0.2, 0.25) is 0 Å². The Labute approximate surface area is 75.0 Å². The summed E-state index contributed by atoms with van der Waals surface area (Å²) in [5, 5.41) is 0. The van der Waals surface area contributed by atoms with E-state index in [1.807, 2.05) is 0 Å². The van der Waals surface area contributed by atoms with Crippen molar-refractivity contribution in [3.8, 4) is 0 Å². The van der Waals surface area contributed by atoms with E-state index in [0.717, 1.165) is 11.8 Å². The summed E-state index contributed by atoms with van der Waals surface area (Å²) in [7, 11) is 0. The third kappa shape index (κ3) is 6.42. The van der Waals surface area contributed by atoms with E-state index >= 15 is 0 Å². The first kappa shape index (κ1) is 11.0. The highest BCUT2D eigenvalue weighted by atomic mass is 32.1. The standard InChI is InChI=1S/C8H16.CH2OS/c1-7-3-5-8(2)6-4-7;2-1-3/h7-8H,3-6H2,1-2H3;1H,(H,2,3). The molecular formula is C9H18OS. The number of carbonyl (C=O) groups is 1. The number of thiol groups is 1. The molecule has 0 bridgehead atoms. The zero-order chi connectivity index (χ0) is 8.69. The van der Waals surface area contributed by atoms with Crippen LogP contribution in [0.3, 0.4) is 0 Å². The SMILES string of the molecule is CC1CCC(C)CC1.O=CS. The maximum absolute atomic E-state index is 8.67. The molecule has 1 aliphatic carbocycles. The van der Waals surface area contributed by atoms with Crippen molar-refractivity contribution in [3.05, 3.63) is 0 Å². The highest BCUT2D eigenvalue weighted by Crippen LogP contribution is 2.27. The van der Waals surface area contributed by atoms with Gasteiger partial charge in [-0.2, -0.15) is 0 Å². The van der Waals surface area contributed by atoms with E-state index in [4.69, 9.17) is 4.79 Å². The molecule has 2 heteroatoms. The Balaban J connectivity index is 0.000000292. The molecule has 1 nitrogen and oxygen atoms in total. The summed E-state index contributed by atoms with van der Waals surface area (Å²) in [6, 6.07) is 0. The van der Waals surface area contributed by atoms with Gasteiger partial charge in [0.15, 0.2) is 5.62 Å². The molecule has 1 fully saturated rings. The van der Waals surface area contributed by atoms with Crippen molar-refractivity contribution in [1.29, 1.82) is 0 Å². The second kappa shape index (κ2) is 6.71. The fraction of sp³-hybridized carbons (Fsp3) is 0.889. The fourth-order valence-electron chi connectivity index (χ4n) is 1.43. The lowest BCUT2D eigenvalue weighted by atomic mass is 9.84. The van der Waals surface area contributed by atoms with Gasteiger partial charge in [0.05, 0.1) is 0 Å². The average Bonchev–Trinajstić information content (AvgIpc) is 1.97. The van der Waals surface area contributed by atoms with Crippen molar-refractivity contribution >= 4 is 18.2 Å². The van der Waals surface area contributed by atoms with Gasteiger partial charge < -0.3 is 0 Å². The lowest BCUT2D eigenvalue weighted by molar-refractivity contribution is 0.308. The zero-order valence-electron chi connectivity index (χ0n) is 7.42.